The number of sulfonamides is 1. The van der Waals surface area contributed by atoms with Crippen molar-refractivity contribution in [2.45, 2.75) is 30.7 Å². The molecule has 0 aromatic heterocycles. The third-order valence-corrected chi connectivity index (χ3v) is 6.21. The highest BCUT2D eigenvalue weighted by atomic mass is 35.5. The molecule has 0 radical (unpaired) electrons. The Morgan fingerprint density at radius 2 is 2.24 bits per heavy atom. The molecule has 7 heteroatoms. The van der Waals surface area contributed by atoms with Crippen LogP contribution in [0.5, 0.6) is 0 Å². The highest BCUT2D eigenvalue weighted by Gasteiger charge is 2.36. The Balaban J connectivity index is 2.41. The second-order valence-corrected chi connectivity index (χ2v) is 7.59. The molecule has 2 atom stereocenters. The Hall–Kier alpha value is -1.13. The number of piperidine rings is 1. The van der Waals surface area contributed by atoms with E-state index in [1.165, 1.54) is 22.5 Å². The number of nitrogens with two attached hydrogens (primary N) is 1. The first kappa shape index (κ1) is 16.2. The summed E-state index contributed by atoms with van der Waals surface area (Å²) in [4.78, 5) is 0.110. The highest BCUT2D eigenvalue weighted by molar-refractivity contribution is 7.89. The van der Waals surface area contributed by atoms with Crippen LogP contribution in [0.15, 0.2) is 23.1 Å². The molecule has 21 heavy (non-hydrogen) atoms. The summed E-state index contributed by atoms with van der Waals surface area (Å²) in [5.41, 5.74) is 6.02. The number of nitrogens with zero attached hydrogens (tertiary/aromatic N) is 2. The van der Waals surface area contributed by atoms with Crippen molar-refractivity contribution in [2.75, 3.05) is 13.1 Å². The van der Waals surface area contributed by atoms with E-state index in [1.807, 2.05) is 13.0 Å². The fourth-order valence-corrected chi connectivity index (χ4v) is 4.83. The molecular weight excluding hydrogens is 310 g/mol. The molecule has 0 bridgehead atoms. The van der Waals surface area contributed by atoms with Crippen LogP contribution in [0.25, 0.3) is 0 Å². The van der Waals surface area contributed by atoms with E-state index < -0.39 is 10.0 Å². The predicted molar refractivity (Wildman–Crippen MR) is 81.3 cm³/mol. The van der Waals surface area contributed by atoms with E-state index in [2.05, 4.69) is 0 Å². The lowest BCUT2D eigenvalue weighted by Crippen LogP contribution is -2.51. The standard InChI is InChI=1S/C14H18ClN3O2S/c1-10-3-2-6-18(14(10)9-17)21(19,20)12-5-4-11(8-16)13(15)7-12/h4-5,7,10,14H,2-3,6,9,17H2,1H3/t10-,14+/m1/s1. The Morgan fingerprint density at radius 1 is 1.52 bits per heavy atom. The lowest BCUT2D eigenvalue weighted by molar-refractivity contribution is 0.192. The summed E-state index contributed by atoms with van der Waals surface area (Å²) >= 11 is 5.94. The van der Waals surface area contributed by atoms with Crippen molar-refractivity contribution < 1.29 is 8.42 Å². The number of nitriles is 1. The monoisotopic (exact) mass is 327 g/mol. The maximum absolute atomic E-state index is 12.8. The number of benzene rings is 1. The molecule has 0 unspecified atom stereocenters. The van der Waals surface area contributed by atoms with Crippen molar-refractivity contribution in [3.8, 4) is 6.07 Å². The van der Waals surface area contributed by atoms with Crippen LogP contribution in [0.3, 0.4) is 0 Å². The molecular formula is C14H18ClN3O2S. The van der Waals surface area contributed by atoms with Gasteiger partial charge in [0.25, 0.3) is 0 Å². The van der Waals surface area contributed by atoms with Gasteiger partial charge in [0, 0.05) is 19.1 Å². The normalized spacial score (nSPS) is 23.7. The van der Waals surface area contributed by atoms with Crippen molar-refractivity contribution in [3.05, 3.63) is 28.8 Å². The Labute approximate surface area is 130 Å². The van der Waals surface area contributed by atoms with Crippen LogP contribution in [-0.2, 0) is 10.0 Å². The second kappa shape index (κ2) is 6.32. The molecule has 114 valence electrons. The largest absolute Gasteiger partial charge is 0.329 e. The van der Waals surface area contributed by atoms with Crippen LogP contribution in [0.1, 0.15) is 25.3 Å². The molecule has 1 aromatic carbocycles. The van der Waals surface area contributed by atoms with Gasteiger partial charge in [-0.1, -0.05) is 18.5 Å². The minimum absolute atomic E-state index is 0.110. The quantitative estimate of drug-likeness (QED) is 0.919. The van der Waals surface area contributed by atoms with Crippen molar-refractivity contribution in [2.24, 2.45) is 11.7 Å². The van der Waals surface area contributed by atoms with Gasteiger partial charge < -0.3 is 5.73 Å². The van der Waals surface area contributed by atoms with Crippen LogP contribution < -0.4 is 5.73 Å². The number of hydrogen-bond donors (Lipinski definition) is 1. The smallest absolute Gasteiger partial charge is 0.243 e. The minimum Gasteiger partial charge on any atom is -0.329 e. The summed E-state index contributed by atoms with van der Waals surface area (Å²) < 4.78 is 27.0. The van der Waals surface area contributed by atoms with Gasteiger partial charge in [0.15, 0.2) is 0 Å². The Morgan fingerprint density at radius 3 is 2.81 bits per heavy atom. The van der Waals surface area contributed by atoms with Gasteiger partial charge in [-0.15, -0.1) is 0 Å². The zero-order valence-electron chi connectivity index (χ0n) is 11.8. The zero-order chi connectivity index (χ0) is 15.6. The molecule has 0 saturated carbocycles. The molecule has 1 aliphatic heterocycles. The van der Waals surface area contributed by atoms with E-state index in [4.69, 9.17) is 22.6 Å². The summed E-state index contributed by atoms with van der Waals surface area (Å²) in [6, 6.07) is 5.91. The minimum atomic E-state index is -3.64. The van der Waals surface area contributed by atoms with Gasteiger partial charge in [0.2, 0.25) is 10.0 Å². The van der Waals surface area contributed by atoms with Gasteiger partial charge in [-0.2, -0.15) is 9.57 Å². The maximum atomic E-state index is 12.8. The first-order valence-electron chi connectivity index (χ1n) is 6.83. The van der Waals surface area contributed by atoms with E-state index in [1.54, 1.807) is 0 Å². The van der Waals surface area contributed by atoms with Gasteiger partial charge >= 0.3 is 0 Å². The summed E-state index contributed by atoms with van der Waals surface area (Å²) in [5, 5.41) is 9.01. The third kappa shape index (κ3) is 3.06. The maximum Gasteiger partial charge on any atom is 0.243 e. The van der Waals surface area contributed by atoms with Gasteiger partial charge in [-0.3, -0.25) is 0 Å². The van der Waals surface area contributed by atoms with E-state index in [0.717, 1.165) is 12.8 Å². The molecule has 0 amide bonds. The number of hydrogen-bond acceptors (Lipinski definition) is 4. The fourth-order valence-electron chi connectivity index (χ4n) is 2.74. The number of halogens is 1. The van der Waals surface area contributed by atoms with Crippen molar-refractivity contribution in [3.63, 3.8) is 0 Å². The van der Waals surface area contributed by atoms with Crippen molar-refractivity contribution in [1.82, 2.24) is 4.31 Å². The molecule has 0 spiro atoms. The number of rotatable bonds is 3. The van der Waals surface area contributed by atoms with Crippen LogP contribution >= 0.6 is 11.6 Å². The molecule has 1 fully saturated rings. The van der Waals surface area contributed by atoms with Gasteiger partial charge in [0.05, 0.1) is 15.5 Å². The topological polar surface area (TPSA) is 87.2 Å². The van der Waals surface area contributed by atoms with E-state index in [-0.39, 0.29) is 27.4 Å². The average molecular weight is 328 g/mol. The zero-order valence-corrected chi connectivity index (χ0v) is 13.4. The van der Waals surface area contributed by atoms with Gasteiger partial charge in [-0.05, 0) is 37.0 Å². The lowest BCUT2D eigenvalue weighted by Gasteiger charge is -2.38. The van der Waals surface area contributed by atoms with Gasteiger partial charge in [0.1, 0.15) is 6.07 Å². The molecule has 1 aromatic rings. The first-order valence-corrected chi connectivity index (χ1v) is 8.65. The van der Waals surface area contributed by atoms with E-state index in [0.29, 0.717) is 13.1 Å². The average Bonchev–Trinajstić information content (AvgIpc) is 2.46. The summed E-state index contributed by atoms with van der Waals surface area (Å²) in [7, 11) is -3.64. The molecule has 0 aliphatic carbocycles. The van der Waals surface area contributed by atoms with Crippen molar-refractivity contribution >= 4 is 21.6 Å². The summed E-state index contributed by atoms with van der Waals surface area (Å²) in [6.07, 6.45) is 1.79. The molecule has 2 N–H and O–H groups in total. The van der Waals surface area contributed by atoms with E-state index >= 15 is 0 Å². The summed E-state index contributed by atoms with van der Waals surface area (Å²) in [5.74, 6) is 0.229. The molecule has 2 rings (SSSR count). The molecule has 1 saturated heterocycles. The fraction of sp³-hybridized carbons (Fsp3) is 0.500. The van der Waals surface area contributed by atoms with Gasteiger partial charge in [-0.25, -0.2) is 8.42 Å². The lowest BCUT2D eigenvalue weighted by atomic mass is 9.93. The Bertz CT molecular complexity index is 669. The predicted octanol–water partition coefficient (Wildman–Crippen LogP) is 1.96. The van der Waals surface area contributed by atoms with Crippen LogP contribution in [-0.4, -0.2) is 31.9 Å². The molecule has 5 nitrogen and oxygen atoms in total. The summed E-state index contributed by atoms with van der Waals surface area (Å²) in [6.45, 7) is 2.78. The van der Waals surface area contributed by atoms with Crippen LogP contribution in [0.4, 0.5) is 0 Å². The van der Waals surface area contributed by atoms with E-state index in [9.17, 15) is 8.42 Å². The highest BCUT2D eigenvalue weighted by Crippen LogP contribution is 2.30. The van der Waals surface area contributed by atoms with Crippen LogP contribution in [0, 0.1) is 17.2 Å². The van der Waals surface area contributed by atoms with Crippen molar-refractivity contribution in [1.29, 1.82) is 5.26 Å². The third-order valence-electron chi connectivity index (χ3n) is 3.97. The Kier molecular flexibility index (Phi) is 4.89. The molecule has 1 heterocycles. The van der Waals surface area contributed by atoms with Crippen LogP contribution in [0.2, 0.25) is 5.02 Å². The SMILES string of the molecule is C[C@@H]1CCCN(S(=O)(=O)c2ccc(C#N)c(Cl)c2)[C@H]1CN. The first-order chi connectivity index (χ1) is 9.91. The molecule has 1 aliphatic rings. The second-order valence-electron chi connectivity index (χ2n) is 5.29.